The molecule has 18 fully saturated rings. The quantitative estimate of drug-likeness (QED) is 0.0242. The largest absolute Gasteiger partial charge is 0.481 e. The molecule has 15 aliphatic carbocycles. The van der Waals surface area contributed by atoms with Crippen LogP contribution in [0.2, 0.25) is 0 Å². The minimum atomic E-state index is -1.02. The molecule has 0 amide bonds. The van der Waals surface area contributed by atoms with Gasteiger partial charge in [0.15, 0.2) is 0 Å². The molecule has 3 aliphatic heterocycles. The molecule has 18 aliphatic rings. The van der Waals surface area contributed by atoms with Gasteiger partial charge in [0.1, 0.15) is 36.4 Å². The van der Waals surface area contributed by atoms with Crippen molar-refractivity contribution in [3.05, 3.63) is 0 Å². The van der Waals surface area contributed by atoms with Crippen LogP contribution in [0.4, 0.5) is 0 Å². The van der Waals surface area contributed by atoms with E-state index >= 15 is 0 Å². The fourth-order valence-corrected chi connectivity index (χ4v) is 39.5. The summed E-state index contributed by atoms with van der Waals surface area (Å²) in [6.07, 6.45) is 16.6. The van der Waals surface area contributed by atoms with E-state index in [1.165, 1.54) is 0 Å². The highest BCUT2D eigenvalue weighted by Gasteiger charge is 2.90. The Morgan fingerprint density at radius 1 is 0.341 bits per heavy atom. The number of aliphatic carboxylic acids is 3. The topological polar surface area (TPSA) is 437 Å². The smallest absolute Gasteiger partial charge is 0.324 e. The number of hydrogen-bond donors (Lipinski definition) is 15. The highest BCUT2D eigenvalue weighted by atomic mass is 35.5. The maximum absolute atomic E-state index is 13.6. The standard InChI is InChI=1S/3C35H56ClNO8/c1-29(2)23(39)10-13-35-18-34(35)15-14-31(5)26(33(7)12-11-24(45-33)30(3,4)43)20(38)17-32(31,6)22(34)16-21(27(29)35)44-28(42)19(37-36)8-9-25(40)41;1-29(2)23(39)10-13-35-18-34(35)15-14-31(5)27(33(7)12-11-24(45-33)30(3,4)43)21(44-28(42)19(37-36)8-9-25(40)41)17-32(31,6)22(34)16-20(38)26(29)35;1-29(2)23(44-28(42)19(37-36)8-9-25(40)41)11-13-35-18-34(35)15-14-31(5)27(33(7)12-10-24(45-33)30(3,4)43)21(39)17-32(31,6)22(34)16-20(38)26(29)35/h3*19-24,26-27,37-39,43H,8-18H2,1-7H3,(H,40,41)/t19?,20-,21-,22?,23-,24-,26-,27-,31+,32-,33+,34?,35+;19-,20+,21+,22?,23+,24+,26+,27+,31-,32+,33-,34?,35-;19-,20+,21+,22?,23?,24+,26+,27+,31-,32+,33-,34?,35-/m011/s1. The van der Waals surface area contributed by atoms with E-state index in [0.29, 0.717) is 57.8 Å². The SMILES string of the molecule is CC(C)(O)[C@@H]1CC[C@](C)([C@H]2[C@@H](O)C[C@@]3(C)C4C[C@H](O)[C@H]5C(C)(C)C(OC(=O)[C@@H](CCC(=O)O)NCl)CC[C@@]56CC46CC[C@]23C)O1.CC(C)(O)[C@@H]1CC[C@](C)([C@H]2[C@@H](O)C[C@@]3(C)C4C[C@H](OC(=O)C(CCC(=O)O)NCl)[C@H]5C(C)(C)[C@@H](O)CC[C@@]56CC46CC[C@]23C)O1.CC(C)(O)[C@@H]1CC[C@](C)([C@H]2[C@@H](OC(=O)[C@@H](CCC(=O)O)NCl)C[C@@]3(C)C4C[C@H](O)[C@H]5C(C)(C)[C@@H](O)CC[C@@]56CC46CC[C@]23C)O1. The van der Waals surface area contributed by atoms with Crippen LogP contribution in [-0.2, 0) is 57.2 Å². The van der Waals surface area contributed by atoms with Crippen molar-refractivity contribution in [2.24, 2.45) is 134 Å². The summed E-state index contributed by atoms with van der Waals surface area (Å²) < 4.78 is 39.1. The highest BCUT2D eigenvalue weighted by Crippen LogP contribution is 2.93. The molecule has 0 aromatic carbocycles. The first kappa shape index (κ1) is 105. The highest BCUT2D eigenvalue weighted by molar-refractivity contribution is 6.15. The summed E-state index contributed by atoms with van der Waals surface area (Å²) in [6, 6.07) is -2.82. The third-order valence-electron chi connectivity index (χ3n) is 45.2. The zero-order valence-electron chi connectivity index (χ0n) is 84.6. The lowest BCUT2D eigenvalue weighted by Crippen LogP contribution is -2.63. The molecule has 39 atom stereocenters. The van der Waals surface area contributed by atoms with Crippen molar-refractivity contribution in [3.8, 4) is 0 Å². The van der Waals surface area contributed by atoms with Gasteiger partial charge >= 0.3 is 35.8 Å². The van der Waals surface area contributed by atoms with E-state index in [4.69, 9.17) is 68.9 Å². The summed E-state index contributed by atoms with van der Waals surface area (Å²) in [7, 11) is 0. The first-order valence-electron chi connectivity index (χ1n) is 51.8. The number of carbonyl (C=O) groups is 6. The van der Waals surface area contributed by atoms with Crippen LogP contribution in [0.5, 0.6) is 0 Å². The van der Waals surface area contributed by atoms with E-state index in [9.17, 15) is 84.9 Å². The minimum absolute atomic E-state index is 0.0108. The number of rotatable bonds is 24. The number of halogens is 3. The maximum atomic E-state index is 13.6. The molecule has 0 aromatic heterocycles. The second kappa shape index (κ2) is 34.1. The van der Waals surface area contributed by atoms with Gasteiger partial charge in [-0.1, -0.05) is 83.1 Å². The number of fused-ring (bicyclic) bond motifs is 6. The second-order valence-electron chi connectivity index (χ2n) is 53.7. The molecule has 135 heavy (non-hydrogen) atoms. The first-order chi connectivity index (χ1) is 62.2. The molecule has 30 heteroatoms. The Kier molecular flexibility index (Phi) is 26.5. The number of carboxylic acids is 3. The van der Waals surface area contributed by atoms with E-state index in [2.05, 4.69) is 118 Å². The fourth-order valence-electron chi connectivity index (χ4n) is 38.9. The fraction of sp³-hybridized carbons (Fsp3) is 0.943. The van der Waals surface area contributed by atoms with E-state index < -0.39 is 153 Å². The summed E-state index contributed by atoms with van der Waals surface area (Å²) in [4.78, 5) is 81.3. The molecule has 6 spiro atoms. The Bertz CT molecular complexity index is 4540. The van der Waals surface area contributed by atoms with Crippen molar-refractivity contribution >= 4 is 71.1 Å². The van der Waals surface area contributed by atoms with E-state index in [0.717, 1.165) is 116 Å². The van der Waals surface area contributed by atoms with Crippen LogP contribution < -0.4 is 14.5 Å². The van der Waals surface area contributed by atoms with Gasteiger partial charge in [-0.15, -0.1) is 0 Å². The third-order valence-corrected chi connectivity index (χ3v) is 46.0. The predicted molar refractivity (Wildman–Crippen MR) is 504 cm³/mol. The number of ether oxygens (including phenoxy) is 6. The molecule has 0 radical (unpaired) electrons. The molecule has 8 unspecified atom stereocenters. The van der Waals surface area contributed by atoms with Gasteiger partial charge in [0.05, 0.1) is 88.5 Å². The van der Waals surface area contributed by atoms with Crippen molar-refractivity contribution in [1.29, 1.82) is 0 Å². The number of hydrogen-bond acceptors (Lipinski definition) is 24. The Morgan fingerprint density at radius 3 is 0.993 bits per heavy atom. The van der Waals surface area contributed by atoms with E-state index in [1.807, 2.05) is 0 Å². The molecule has 27 nitrogen and oxygen atoms in total. The van der Waals surface area contributed by atoms with Gasteiger partial charge in [0.2, 0.25) is 0 Å². The zero-order valence-corrected chi connectivity index (χ0v) is 86.9. The number of carboxylic acid groups (broad SMARTS) is 3. The third kappa shape index (κ3) is 15.5. The number of aliphatic hydroxyl groups excluding tert-OH is 6. The summed E-state index contributed by atoms with van der Waals surface area (Å²) in [5.74, 6) is -4.34. The van der Waals surface area contributed by atoms with Crippen molar-refractivity contribution in [1.82, 2.24) is 14.5 Å². The molecule has 15 saturated carbocycles. The lowest BCUT2D eigenvalue weighted by molar-refractivity contribution is -0.221. The van der Waals surface area contributed by atoms with Gasteiger partial charge < -0.3 is 89.7 Å². The summed E-state index contributed by atoms with van der Waals surface area (Å²) in [5.41, 5.74) is -7.26. The molecule has 768 valence electrons. The molecule has 18 rings (SSSR count). The van der Waals surface area contributed by atoms with E-state index in [1.54, 1.807) is 41.5 Å². The van der Waals surface area contributed by atoms with Gasteiger partial charge in [-0.25, -0.2) is 14.5 Å². The number of aliphatic hydroxyl groups is 9. The van der Waals surface area contributed by atoms with Crippen LogP contribution in [0.15, 0.2) is 0 Å². The predicted octanol–water partition coefficient (Wildman–Crippen LogP) is 14.9. The van der Waals surface area contributed by atoms with Gasteiger partial charge in [-0.2, -0.15) is 0 Å². The van der Waals surface area contributed by atoms with Crippen LogP contribution in [0.25, 0.3) is 0 Å². The Morgan fingerprint density at radius 2 is 0.644 bits per heavy atom. The van der Waals surface area contributed by atoms with Crippen molar-refractivity contribution in [2.75, 3.05) is 0 Å². The normalized spacial score (nSPS) is 50.5. The van der Waals surface area contributed by atoms with Crippen LogP contribution in [0.3, 0.4) is 0 Å². The summed E-state index contributed by atoms with van der Waals surface area (Å²) >= 11 is 17.7. The number of carbonyl (C=O) groups excluding carboxylic acids is 3. The lowest BCUT2D eigenvalue weighted by atomic mass is 9.41. The Balaban J connectivity index is 0.000000147. The van der Waals surface area contributed by atoms with Gasteiger partial charge in [0.25, 0.3) is 0 Å². The monoisotopic (exact) mass is 1960 g/mol. The van der Waals surface area contributed by atoms with Crippen molar-refractivity contribution in [3.63, 3.8) is 0 Å². The van der Waals surface area contributed by atoms with Crippen LogP contribution >= 0.6 is 35.3 Å². The molecule has 3 saturated heterocycles. The van der Waals surface area contributed by atoms with Gasteiger partial charge in [-0.3, -0.25) is 28.8 Å². The van der Waals surface area contributed by atoms with Crippen molar-refractivity contribution < 1.29 is 118 Å². The van der Waals surface area contributed by atoms with Crippen LogP contribution in [0.1, 0.15) is 357 Å². The number of esters is 3. The van der Waals surface area contributed by atoms with E-state index in [-0.39, 0.29) is 180 Å². The molecule has 15 N–H and O–H groups in total. The summed E-state index contributed by atoms with van der Waals surface area (Å²) in [6.45, 7) is 44.0. The maximum Gasteiger partial charge on any atom is 0.324 e. The Hall–Kier alpha value is -2.91. The van der Waals surface area contributed by atoms with Crippen LogP contribution in [0, 0.1) is 134 Å². The number of nitrogens with one attached hydrogen (secondary N) is 3. The lowest BCUT2D eigenvalue weighted by Gasteiger charge is -2.64. The van der Waals surface area contributed by atoms with Gasteiger partial charge in [0, 0.05) is 48.3 Å². The average molecular weight is 1960 g/mol. The average Bonchev–Trinajstić information content (AvgIpc) is 1.46. The molecular weight excluding hydrogens is 1790 g/mol. The van der Waals surface area contributed by atoms with Crippen molar-refractivity contribution in [2.45, 2.75) is 482 Å². The second-order valence-corrected chi connectivity index (χ2v) is 54.3. The molecule has 3 heterocycles. The van der Waals surface area contributed by atoms with Gasteiger partial charge in [-0.05, 0) is 396 Å². The van der Waals surface area contributed by atoms with Crippen LogP contribution in [-0.4, -0.2) is 222 Å². The molecule has 0 aromatic rings. The first-order valence-corrected chi connectivity index (χ1v) is 52.9. The zero-order chi connectivity index (χ0) is 99.5. The molecule has 0 bridgehead atoms. The summed E-state index contributed by atoms with van der Waals surface area (Å²) in [5, 5.41) is 130. The molecular formula is C105H168Cl3N3O24. The Labute approximate surface area is 816 Å². The minimum Gasteiger partial charge on any atom is -0.481 e.